The molecule has 0 atom stereocenters. The molecule has 2 aromatic heterocycles. The van der Waals surface area contributed by atoms with Gasteiger partial charge in [0.1, 0.15) is 5.69 Å². The number of nitrogens with zero attached hydrogens (tertiary/aromatic N) is 5. The van der Waals surface area contributed by atoms with Gasteiger partial charge in [-0.15, -0.1) is 5.10 Å². The Kier molecular flexibility index (Phi) is 3.87. The molecule has 0 aliphatic carbocycles. The van der Waals surface area contributed by atoms with Crippen LogP contribution in [-0.2, 0) is 11.3 Å². The Morgan fingerprint density at radius 3 is 2.78 bits per heavy atom. The van der Waals surface area contributed by atoms with Gasteiger partial charge in [-0.2, -0.15) is 4.68 Å². The van der Waals surface area contributed by atoms with E-state index in [1.807, 2.05) is 30.3 Å². The molecule has 0 aliphatic heterocycles. The van der Waals surface area contributed by atoms with Crippen molar-refractivity contribution in [3.05, 3.63) is 41.7 Å². The third kappa shape index (κ3) is 2.81. The molecule has 0 bridgehead atoms. The maximum atomic E-state index is 11.9. The summed E-state index contributed by atoms with van der Waals surface area (Å²) in [5, 5.41) is 18.0. The molecule has 3 rings (SSSR count). The van der Waals surface area contributed by atoms with Crippen molar-refractivity contribution in [2.24, 2.45) is 0 Å². The molecule has 0 aliphatic rings. The quantitative estimate of drug-likeness (QED) is 0.650. The zero-order chi connectivity index (χ0) is 16.2. The Hall–Kier alpha value is -3.43. The monoisotopic (exact) mass is 315 g/mol. The minimum atomic E-state index is -0.615. The second-order valence-electron chi connectivity index (χ2n) is 4.48. The standard InChI is InChI=1S/C13H13N7O3/c1-22-13(21)10-9(7-15-8-5-3-2-4-6-8)20(19-16-10)12-11(14)17-23-18-12/h2-6,15H,7H2,1H3,(H2,14,17). The van der Waals surface area contributed by atoms with Gasteiger partial charge in [0, 0.05) is 5.69 Å². The van der Waals surface area contributed by atoms with Gasteiger partial charge in [-0.05, 0) is 22.4 Å². The molecular weight excluding hydrogens is 302 g/mol. The summed E-state index contributed by atoms with van der Waals surface area (Å²) >= 11 is 0. The zero-order valence-electron chi connectivity index (χ0n) is 12.1. The fourth-order valence-corrected chi connectivity index (χ4v) is 1.97. The molecule has 0 saturated carbocycles. The lowest BCUT2D eigenvalue weighted by atomic mass is 10.2. The second-order valence-corrected chi connectivity index (χ2v) is 4.48. The number of carbonyl (C=O) groups is 1. The Morgan fingerprint density at radius 2 is 2.13 bits per heavy atom. The highest BCUT2D eigenvalue weighted by Gasteiger charge is 2.24. The van der Waals surface area contributed by atoms with Gasteiger partial charge >= 0.3 is 5.97 Å². The number of nitrogens with two attached hydrogens (primary N) is 1. The first-order valence-electron chi connectivity index (χ1n) is 6.61. The van der Waals surface area contributed by atoms with Gasteiger partial charge in [-0.25, -0.2) is 9.42 Å². The minimum Gasteiger partial charge on any atom is -0.464 e. The number of hydrogen-bond acceptors (Lipinski definition) is 9. The van der Waals surface area contributed by atoms with Crippen LogP contribution in [0.2, 0.25) is 0 Å². The van der Waals surface area contributed by atoms with E-state index in [0.29, 0.717) is 5.69 Å². The molecule has 2 heterocycles. The highest BCUT2D eigenvalue weighted by atomic mass is 16.6. The molecule has 10 nitrogen and oxygen atoms in total. The van der Waals surface area contributed by atoms with Gasteiger partial charge in [0.2, 0.25) is 11.6 Å². The van der Waals surface area contributed by atoms with Crippen LogP contribution in [0, 0.1) is 0 Å². The number of esters is 1. The van der Waals surface area contributed by atoms with E-state index in [1.165, 1.54) is 11.8 Å². The molecule has 0 spiro atoms. The van der Waals surface area contributed by atoms with Gasteiger partial charge in [-0.1, -0.05) is 23.4 Å². The first-order valence-corrected chi connectivity index (χ1v) is 6.61. The lowest BCUT2D eigenvalue weighted by molar-refractivity contribution is 0.0592. The van der Waals surface area contributed by atoms with Crippen LogP contribution in [0.3, 0.4) is 0 Å². The molecule has 23 heavy (non-hydrogen) atoms. The summed E-state index contributed by atoms with van der Waals surface area (Å²) in [6.07, 6.45) is 0. The van der Waals surface area contributed by atoms with Crippen LogP contribution in [-0.4, -0.2) is 38.4 Å². The highest BCUT2D eigenvalue weighted by Crippen LogP contribution is 2.17. The third-order valence-electron chi connectivity index (χ3n) is 3.07. The van der Waals surface area contributed by atoms with Crippen molar-refractivity contribution in [1.29, 1.82) is 0 Å². The number of rotatable bonds is 5. The molecule has 0 saturated heterocycles. The third-order valence-corrected chi connectivity index (χ3v) is 3.07. The Balaban J connectivity index is 1.96. The Labute approximate surface area is 130 Å². The molecule has 0 radical (unpaired) electrons. The Morgan fingerprint density at radius 1 is 1.35 bits per heavy atom. The topological polar surface area (TPSA) is 134 Å². The molecule has 0 fully saturated rings. The number of carbonyl (C=O) groups excluding carboxylic acids is 1. The summed E-state index contributed by atoms with van der Waals surface area (Å²) in [6.45, 7) is 0.244. The van der Waals surface area contributed by atoms with Crippen molar-refractivity contribution < 1.29 is 14.2 Å². The van der Waals surface area contributed by atoms with E-state index in [1.54, 1.807) is 0 Å². The van der Waals surface area contributed by atoms with Gasteiger partial charge in [0.25, 0.3) is 0 Å². The van der Waals surface area contributed by atoms with Crippen LogP contribution in [0.5, 0.6) is 0 Å². The minimum absolute atomic E-state index is 0.0345. The average Bonchev–Trinajstić information content (AvgIpc) is 3.18. The summed E-state index contributed by atoms with van der Waals surface area (Å²) in [7, 11) is 1.27. The number of hydrogen-bond donors (Lipinski definition) is 2. The van der Waals surface area contributed by atoms with E-state index in [2.05, 4.69) is 30.6 Å². The molecule has 1 aromatic carbocycles. The van der Waals surface area contributed by atoms with Crippen molar-refractivity contribution in [2.75, 3.05) is 18.2 Å². The number of anilines is 2. The molecule has 0 unspecified atom stereocenters. The maximum absolute atomic E-state index is 11.9. The van der Waals surface area contributed by atoms with Crippen LogP contribution in [0.25, 0.3) is 5.82 Å². The number of nitrogen functional groups attached to an aromatic ring is 1. The summed E-state index contributed by atoms with van der Waals surface area (Å²) in [5.74, 6) is -0.430. The number of nitrogens with one attached hydrogen (secondary N) is 1. The molecule has 118 valence electrons. The van der Waals surface area contributed by atoms with Gasteiger partial charge in [0.05, 0.1) is 13.7 Å². The van der Waals surface area contributed by atoms with E-state index < -0.39 is 5.97 Å². The smallest absolute Gasteiger partial charge is 0.360 e. The maximum Gasteiger partial charge on any atom is 0.360 e. The van der Waals surface area contributed by atoms with E-state index in [9.17, 15) is 4.79 Å². The number of benzene rings is 1. The number of methoxy groups -OCH3 is 1. The van der Waals surface area contributed by atoms with Crippen molar-refractivity contribution in [1.82, 2.24) is 25.3 Å². The molecule has 10 heteroatoms. The molecular formula is C13H13N7O3. The highest BCUT2D eigenvalue weighted by molar-refractivity contribution is 5.88. The summed E-state index contributed by atoms with van der Waals surface area (Å²) < 4.78 is 10.6. The summed E-state index contributed by atoms with van der Waals surface area (Å²) in [4.78, 5) is 11.9. The Bertz CT molecular complexity index is 812. The van der Waals surface area contributed by atoms with Gasteiger partial charge in [-0.3, -0.25) is 0 Å². The van der Waals surface area contributed by atoms with Crippen molar-refractivity contribution >= 4 is 17.5 Å². The van der Waals surface area contributed by atoms with Crippen LogP contribution >= 0.6 is 0 Å². The van der Waals surface area contributed by atoms with Crippen molar-refractivity contribution in [3.63, 3.8) is 0 Å². The van der Waals surface area contributed by atoms with E-state index in [4.69, 9.17) is 10.5 Å². The first-order chi connectivity index (χ1) is 11.2. The number of para-hydroxylation sites is 1. The van der Waals surface area contributed by atoms with Gasteiger partial charge < -0.3 is 15.8 Å². The van der Waals surface area contributed by atoms with Crippen LogP contribution < -0.4 is 11.1 Å². The van der Waals surface area contributed by atoms with Crippen LogP contribution in [0.15, 0.2) is 35.0 Å². The largest absolute Gasteiger partial charge is 0.464 e. The van der Waals surface area contributed by atoms with Crippen LogP contribution in [0.4, 0.5) is 11.5 Å². The van der Waals surface area contributed by atoms with E-state index in [-0.39, 0.29) is 23.9 Å². The predicted octanol–water partition coefficient (Wildman–Crippen LogP) is 0.631. The average molecular weight is 315 g/mol. The molecule has 3 N–H and O–H groups in total. The number of aromatic nitrogens is 5. The first kappa shape index (κ1) is 14.5. The molecule has 0 amide bonds. The normalized spacial score (nSPS) is 10.5. The lowest BCUT2D eigenvalue weighted by Gasteiger charge is -2.08. The van der Waals surface area contributed by atoms with E-state index in [0.717, 1.165) is 5.69 Å². The molecule has 3 aromatic rings. The SMILES string of the molecule is COC(=O)c1nnn(-c2nonc2N)c1CNc1ccccc1. The van der Waals surface area contributed by atoms with E-state index >= 15 is 0 Å². The second kappa shape index (κ2) is 6.13. The number of ether oxygens (including phenoxy) is 1. The summed E-state index contributed by atoms with van der Waals surface area (Å²) in [6, 6.07) is 9.45. The van der Waals surface area contributed by atoms with Gasteiger partial charge in [0.15, 0.2) is 5.69 Å². The van der Waals surface area contributed by atoms with Crippen molar-refractivity contribution in [2.45, 2.75) is 6.54 Å². The fraction of sp³-hybridized carbons (Fsp3) is 0.154. The predicted molar refractivity (Wildman–Crippen MR) is 78.7 cm³/mol. The van der Waals surface area contributed by atoms with Crippen molar-refractivity contribution in [3.8, 4) is 5.82 Å². The fourth-order valence-electron chi connectivity index (χ4n) is 1.97. The van der Waals surface area contributed by atoms with Crippen LogP contribution in [0.1, 0.15) is 16.2 Å². The lowest BCUT2D eigenvalue weighted by Crippen LogP contribution is -2.13. The zero-order valence-corrected chi connectivity index (χ0v) is 12.1. The summed E-state index contributed by atoms with van der Waals surface area (Å²) in [5.41, 5.74) is 7.01.